The van der Waals surface area contributed by atoms with Gasteiger partial charge in [0, 0.05) is 12.6 Å². The maximum atomic E-state index is 11.8. The third kappa shape index (κ3) is 4.05. The van der Waals surface area contributed by atoms with Crippen LogP contribution in [-0.4, -0.2) is 45.2 Å². The number of esters is 1. The number of carbonyl (C=O) groups excluding carboxylic acids is 1. The Bertz CT molecular complexity index is 465. The molecule has 0 fully saturated rings. The van der Waals surface area contributed by atoms with Gasteiger partial charge in [-0.2, -0.15) is 0 Å². The molecule has 0 aliphatic carbocycles. The molecule has 0 radical (unpaired) electrons. The Morgan fingerprint density at radius 2 is 1.85 bits per heavy atom. The second-order valence-electron chi connectivity index (χ2n) is 4.14. The number of carbonyl (C=O) groups is 1. The predicted octanol–water partition coefficient (Wildman–Crippen LogP) is 2.84. The smallest absolute Gasteiger partial charge is 0.341 e. The van der Waals surface area contributed by atoms with Crippen molar-refractivity contribution in [2.45, 2.75) is 18.2 Å². The Kier molecular flexibility index (Phi) is 6.67. The van der Waals surface area contributed by atoms with Crippen molar-refractivity contribution in [2.24, 2.45) is 0 Å². The van der Waals surface area contributed by atoms with Crippen LogP contribution < -0.4 is 9.47 Å². The lowest BCUT2D eigenvalue weighted by Crippen LogP contribution is -2.11. The highest BCUT2D eigenvalue weighted by molar-refractivity contribution is 7.97. The second-order valence-corrected chi connectivity index (χ2v) is 5.38. The molecule has 112 valence electrons. The maximum Gasteiger partial charge on any atom is 0.341 e. The van der Waals surface area contributed by atoms with E-state index in [1.165, 1.54) is 26.2 Å². The van der Waals surface area contributed by atoms with Crippen LogP contribution in [0.2, 0.25) is 0 Å². The van der Waals surface area contributed by atoms with Gasteiger partial charge in [-0.05, 0) is 31.5 Å². The monoisotopic (exact) mass is 299 g/mol. The lowest BCUT2D eigenvalue weighted by Gasteiger charge is -2.18. The number of methoxy groups -OCH3 is 3. The molecular weight excluding hydrogens is 278 g/mol. The first-order chi connectivity index (χ1) is 9.57. The Balaban J connectivity index is 3.17. The van der Waals surface area contributed by atoms with Gasteiger partial charge in [0.2, 0.25) is 0 Å². The number of rotatable bonds is 7. The van der Waals surface area contributed by atoms with E-state index >= 15 is 0 Å². The third-order valence-electron chi connectivity index (χ3n) is 2.68. The first-order valence-electron chi connectivity index (χ1n) is 6.30. The molecule has 0 N–H and O–H groups in total. The summed E-state index contributed by atoms with van der Waals surface area (Å²) in [5.41, 5.74) is 0.392. The molecular formula is C14H21NO4S. The zero-order valence-corrected chi connectivity index (χ0v) is 13.4. The lowest BCUT2D eigenvalue weighted by atomic mass is 10.2. The summed E-state index contributed by atoms with van der Waals surface area (Å²) in [5, 5.41) is 0. The molecule has 0 saturated heterocycles. The van der Waals surface area contributed by atoms with E-state index in [0.29, 0.717) is 17.1 Å². The minimum Gasteiger partial charge on any atom is -0.496 e. The number of benzene rings is 1. The van der Waals surface area contributed by atoms with Gasteiger partial charge in [-0.3, -0.25) is 0 Å². The molecule has 0 spiro atoms. The molecule has 6 heteroatoms. The van der Waals surface area contributed by atoms with Crippen molar-refractivity contribution in [3.8, 4) is 11.5 Å². The van der Waals surface area contributed by atoms with Crippen LogP contribution in [0, 0.1) is 0 Å². The summed E-state index contributed by atoms with van der Waals surface area (Å²) < 4.78 is 17.4. The average molecular weight is 299 g/mol. The minimum absolute atomic E-state index is 0.392. The van der Waals surface area contributed by atoms with Crippen LogP contribution >= 0.6 is 11.9 Å². The third-order valence-corrected chi connectivity index (χ3v) is 3.69. The summed E-state index contributed by atoms with van der Waals surface area (Å²) in [6.45, 7) is 3.05. The normalized spacial score (nSPS) is 10.5. The molecule has 0 amide bonds. The number of ether oxygens (including phenoxy) is 3. The van der Waals surface area contributed by atoms with Crippen molar-refractivity contribution in [3.63, 3.8) is 0 Å². The van der Waals surface area contributed by atoms with Gasteiger partial charge in [0.15, 0.2) is 0 Å². The highest BCUT2D eigenvalue weighted by atomic mass is 32.2. The van der Waals surface area contributed by atoms with Crippen LogP contribution in [-0.2, 0) is 4.74 Å². The fourth-order valence-corrected chi connectivity index (χ4v) is 2.75. The fourth-order valence-electron chi connectivity index (χ4n) is 1.74. The van der Waals surface area contributed by atoms with E-state index in [1.54, 1.807) is 19.2 Å². The number of hydrogen-bond acceptors (Lipinski definition) is 6. The zero-order valence-electron chi connectivity index (χ0n) is 12.6. The summed E-state index contributed by atoms with van der Waals surface area (Å²) in [6, 6.07) is 3.44. The van der Waals surface area contributed by atoms with Crippen molar-refractivity contribution in [1.29, 1.82) is 0 Å². The maximum absolute atomic E-state index is 11.8. The van der Waals surface area contributed by atoms with Crippen molar-refractivity contribution >= 4 is 17.9 Å². The van der Waals surface area contributed by atoms with E-state index in [2.05, 4.69) is 11.2 Å². The summed E-state index contributed by atoms with van der Waals surface area (Å²) in [5.74, 6) is 0.683. The van der Waals surface area contributed by atoms with Crippen LogP contribution in [0.4, 0.5) is 0 Å². The molecule has 1 aromatic carbocycles. The van der Waals surface area contributed by atoms with Crippen LogP contribution in [0.3, 0.4) is 0 Å². The molecule has 0 heterocycles. The van der Waals surface area contributed by atoms with Crippen molar-refractivity contribution < 1.29 is 19.0 Å². The Labute approximate surface area is 124 Å². The zero-order chi connectivity index (χ0) is 15.1. The first-order valence-corrected chi connectivity index (χ1v) is 7.08. The van der Waals surface area contributed by atoms with E-state index in [4.69, 9.17) is 14.2 Å². The van der Waals surface area contributed by atoms with Crippen molar-refractivity contribution in [3.05, 3.63) is 17.7 Å². The van der Waals surface area contributed by atoms with E-state index < -0.39 is 5.97 Å². The second kappa shape index (κ2) is 8.01. The van der Waals surface area contributed by atoms with Crippen LogP contribution in [0.15, 0.2) is 17.0 Å². The summed E-state index contributed by atoms with van der Waals surface area (Å²) in [4.78, 5) is 12.6. The van der Waals surface area contributed by atoms with Gasteiger partial charge < -0.3 is 14.2 Å². The Morgan fingerprint density at radius 3 is 2.35 bits per heavy atom. The summed E-state index contributed by atoms with van der Waals surface area (Å²) in [7, 11) is 6.45. The van der Waals surface area contributed by atoms with Crippen molar-refractivity contribution in [1.82, 2.24) is 4.31 Å². The van der Waals surface area contributed by atoms with Gasteiger partial charge in [0.05, 0.1) is 26.2 Å². The molecule has 0 atom stereocenters. The van der Waals surface area contributed by atoms with E-state index in [9.17, 15) is 4.79 Å². The molecule has 0 aliphatic rings. The van der Waals surface area contributed by atoms with Gasteiger partial charge in [-0.25, -0.2) is 9.10 Å². The van der Waals surface area contributed by atoms with E-state index in [0.717, 1.165) is 17.9 Å². The SMILES string of the molecule is CCCN(C)Sc1cc(C(=O)OC)c(OC)cc1OC. The van der Waals surface area contributed by atoms with Gasteiger partial charge in [-0.1, -0.05) is 6.92 Å². The molecule has 0 saturated carbocycles. The van der Waals surface area contributed by atoms with Crippen LogP contribution in [0.25, 0.3) is 0 Å². The van der Waals surface area contributed by atoms with Crippen LogP contribution in [0.5, 0.6) is 11.5 Å². The van der Waals surface area contributed by atoms with Gasteiger partial charge in [0.25, 0.3) is 0 Å². The van der Waals surface area contributed by atoms with Gasteiger partial charge >= 0.3 is 5.97 Å². The lowest BCUT2D eigenvalue weighted by molar-refractivity contribution is 0.0596. The molecule has 0 unspecified atom stereocenters. The number of hydrogen-bond donors (Lipinski definition) is 0. The molecule has 20 heavy (non-hydrogen) atoms. The topological polar surface area (TPSA) is 48.0 Å². The quantitative estimate of drug-likeness (QED) is 0.570. The molecule has 0 aromatic heterocycles. The minimum atomic E-state index is -0.426. The Morgan fingerprint density at radius 1 is 1.20 bits per heavy atom. The molecule has 1 aromatic rings. The van der Waals surface area contributed by atoms with Crippen LogP contribution in [0.1, 0.15) is 23.7 Å². The van der Waals surface area contributed by atoms with Gasteiger partial charge in [0.1, 0.15) is 17.1 Å². The molecule has 0 aliphatic heterocycles. The van der Waals surface area contributed by atoms with E-state index in [-0.39, 0.29) is 0 Å². The fraction of sp³-hybridized carbons (Fsp3) is 0.500. The number of nitrogens with zero attached hydrogens (tertiary/aromatic N) is 1. The largest absolute Gasteiger partial charge is 0.496 e. The average Bonchev–Trinajstić information content (AvgIpc) is 2.46. The van der Waals surface area contributed by atoms with Crippen molar-refractivity contribution in [2.75, 3.05) is 34.9 Å². The summed E-state index contributed by atoms with van der Waals surface area (Å²) >= 11 is 1.53. The standard InChI is InChI=1S/C14H21NO4S/c1-6-7-15(2)20-13-8-10(14(16)19-5)11(17-3)9-12(13)18-4/h8-9H,6-7H2,1-5H3. The Hall–Kier alpha value is -1.40. The predicted molar refractivity (Wildman–Crippen MR) is 79.7 cm³/mol. The molecule has 1 rings (SSSR count). The van der Waals surface area contributed by atoms with E-state index in [1.807, 2.05) is 7.05 Å². The molecule has 0 bridgehead atoms. The molecule has 5 nitrogen and oxygen atoms in total. The van der Waals surface area contributed by atoms with Gasteiger partial charge in [-0.15, -0.1) is 0 Å². The highest BCUT2D eigenvalue weighted by Gasteiger charge is 2.18. The highest BCUT2D eigenvalue weighted by Crippen LogP contribution is 2.37. The first kappa shape index (κ1) is 16.7. The summed E-state index contributed by atoms with van der Waals surface area (Å²) in [6.07, 6.45) is 1.05.